The highest BCUT2D eigenvalue weighted by atomic mass is 35.5. The molecule has 2 aromatic rings. The van der Waals surface area contributed by atoms with Gasteiger partial charge in [0.15, 0.2) is 0 Å². The van der Waals surface area contributed by atoms with E-state index in [0.717, 1.165) is 16.2 Å². The number of nitrogens with two attached hydrogens (primary N) is 1. The molecule has 0 saturated carbocycles. The summed E-state index contributed by atoms with van der Waals surface area (Å²) in [7, 11) is 0. The number of H-pyrrole nitrogens is 1. The van der Waals surface area contributed by atoms with Crippen LogP contribution in [0.25, 0.3) is 10.9 Å². The lowest BCUT2D eigenvalue weighted by atomic mass is 9.98. The van der Waals surface area contributed by atoms with Crippen LogP contribution in [0.4, 0.5) is 0 Å². The lowest BCUT2D eigenvalue weighted by molar-refractivity contribution is 0.773. The minimum absolute atomic E-state index is 0.359. The Hall–Kier alpha value is -0.990. The van der Waals surface area contributed by atoms with Gasteiger partial charge in [0.25, 0.3) is 0 Å². The van der Waals surface area contributed by atoms with Crippen molar-refractivity contribution in [2.75, 3.05) is 6.54 Å². The number of benzene rings is 1. The van der Waals surface area contributed by atoms with Crippen LogP contribution in [0, 0.1) is 6.92 Å². The number of hydrogen-bond donors (Lipinski definition) is 2. The third-order valence-electron chi connectivity index (χ3n) is 2.87. The Morgan fingerprint density at radius 3 is 2.87 bits per heavy atom. The number of rotatable bonds is 2. The molecule has 3 N–H and O–H groups in total. The van der Waals surface area contributed by atoms with Crippen molar-refractivity contribution >= 4 is 22.5 Å². The van der Waals surface area contributed by atoms with Crippen LogP contribution in [0.1, 0.15) is 24.1 Å². The number of para-hydroxylation sites is 1. The molecular weight excluding hydrogens is 208 g/mol. The monoisotopic (exact) mass is 222 g/mol. The normalized spacial score (nSPS) is 13.3. The van der Waals surface area contributed by atoms with E-state index in [9.17, 15) is 0 Å². The Kier molecular flexibility index (Phi) is 2.72. The van der Waals surface area contributed by atoms with Gasteiger partial charge in [0, 0.05) is 11.1 Å². The fourth-order valence-corrected chi connectivity index (χ4v) is 2.31. The largest absolute Gasteiger partial charge is 0.357 e. The fourth-order valence-electron chi connectivity index (χ4n) is 2.09. The summed E-state index contributed by atoms with van der Waals surface area (Å²) in [5.41, 5.74) is 9.18. The van der Waals surface area contributed by atoms with Crippen molar-refractivity contribution in [3.05, 3.63) is 34.5 Å². The predicted molar refractivity (Wildman–Crippen MR) is 65.5 cm³/mol. The predicted octanol–water partition coefficient (Wildman–Crippen LogP) is 3.19. The second kappa shape index (κ2) is 3.87. The molecule has 0 bridgehead atoms. The van der Waals surface area contributed by atoms with E-state index in [1.54, 1.807) is 0 Å². The van der Waals surface area contributed by atoms with Crippen molar-refractivity contribution in [3.8, 4) is 0 Å². The minimum Gasteiger partial charge on any atom is -0.357 e. The Labute approximate surface area is 94.4 Å². The van der Waals surface area contributed by atoms with Crippen LogP contribution in [0.2, 0.25) is 5.02 Å². The number of aromatic nitrogens is 1. The van der Waals surface area contributed by atoms with Gasteiger partial charge in [-0.3, -0.25) is 0 Å². The maximum absolute atomic E-state index is 6.13. The second-order valence-corrected chi connectivity index (χ2v) is 4.37. The molecule has 0 spiro atoms. The Morgan fingerprint density at radius 2 is 2.20 bits per heavy atom. The maximum Gasteiger partial charge on any atom is 0.0648 e. The zero-order valence-corrected chi connectivity index (χ0v) is 9.73. The van der Waals surface area contributed by atoms with Crippen molar-refractivity contribution in [1.82, 2.24) is 4.98 Å². The van der Waals surface area contributed by atoms with Crippen LogP contribution < -0.4 is 5.73 Å². The summed E-state index contributed by atoms with van der Waals surface area (Å²) in [6, 6.07) is 5.97. The Morgan fingerprint density at radius 1 is 1.47 bits per heavy atom. The first-order valence-electron chi connectivity index (χ1n) is 5.12. The molecule has 2 rings (SSSR count). The lowest BCUT2D eigenvalue weighted by Crippen LogP contribution is -2.09. The van der Waals surface area contributed by atoms with Crippen LogP contribution in [-0.2, 0) is 0 Å². The summed E-state index contributed by atoms with van der Waals surface area (Å²) in [5.74, 6) is 0.359. The quantitative estimate of drug-likeness (QED) is 0.805. The van der Waals surface area contributed by atoms with E-state index in [1.807, 2.05) is 12.1 Å². The Balaban J connectivity index is 2.73. The third kappa shape index (κ3) is 1.64. The van der Waals surface area contributed by atoms with Crippen molar-refractivity contribution in [2.45, 2.75) is 19.8 Å². The zero-order chi connectivity index (χ0) is 11.0. The van der Waals surface area contributed by atoms with Gasteiger partial charge in [-0.15, -0.1) is 0 Å². The number of fused-ring (bicyclic) bond motifs is 1. The molecular formula is C12H15ClN2. The summed E-state index contributed by atoms with van der Waals surface area (Å²) < 4.78 is 0. The maximum atomic E-state index is 6.13. The molecule has 0 aliphatic heterocycles. The highest BCUT2D eigenvalue weighted by Gasteiger charge is 2.14. The SMILES string of the molecule is Cc1[nH]c2c(Cl)cccc2c1C(C)CN. The van der Waals surface area contributed by atoms with E-state index in [0.29, 0.717) is 12.5 Å². The molecule has 0 aliphatic carbocycles. The number of hydrogen-bond acceptors (Lipinski definition) is 1. The van der Waals surface area contributed by atoms with Gasteiger partial charge in [-0.25, -0.2) is 0 Å². The van der Waals surface area contributed by atoms with E-state index in [4.69, 9.17) is 17.3 Å². The number of aryl methyl sites for hydroxylation is 1. The van der Waals surface area contributed by atoms with Crippen LogP contribution in [0.15, 0.2) is 18.2 Å². The van der Waals surface area contributed by atoms with Gasteiger partial charge >= 0.3 is 0 Å². The van der Waals surface area contributed by atoms with Gasteiger partial charge in [0.1, 0.15) is 0 Å². The number of nitrogens with one attached hydrogen (secondary N) is 1. The van der Waals surface area contributed by atoms with Crippen molar-refractivity contribution < 1.29 is 0 Å². The molecule has 1 atom stereocenters. The van der Waals surface area contributed by atoms with Gasteiger partial charge < -0.3 is 10.7 Å². The molecule has 1 heterocycles. The number of halogens is 1. The molecule has 15 heavy (non-hydrogen) atoms. The van der Waals surface area contributed by atoms with E-state index in [1.165, 1.54) is 10.9 Å². The molecule has 1 aromatic carbocycles. The average Bonchev–Trinajstić information content (AvgIpc) is 2.55. The molecule has 1 aromatic heterocycles. The molecule has 0 fully saturated rings. The van der Waals surface area contributed by atoms with Crippen LogP contribution in [0.3, 0.4) is 0 Å². The van der Waals surface area contributed by atoms with E-state index >= 15 is 0 Å². The zero-order valence-electron chi connectivity index (χ0n) is 8.97. The summed E-state index contributed by atoms with van der Waals surface area (Å²) in [6.07, 6.45) is 0. The van der Waals surface area contributed by atoms with Crippen LogP contribution >= 0.6 is 11.6 Å². The molecule has 0 aliphatic rings. The molecule has 1 unspecified atom stereocenters. The van der Waals surface area contributed by atoms with Crippen molar-refractivity contribution in [1.29, 1.82) is 0 Å². The summed E-state index contributed by atoms with van der Waals surface area (Å²) >= 11 is 6.13. The minimum atomic E-state index is 0.359. The van der Waals surface area contributed by atoms with E-state index in [-0.39, 0.29) is 0 Å². The highest BCUT2D eigenvalue weighted by molar-refractivity contribution is 6.35. The standard InChI is InChI=1S/C12H15ClN2/c1-7(6-14)11-8(2)15-12-9(11)4-3-5-10(12)13/h3-5,7,15H,6,14H2,1-2H3. The topological polar surface area (TPSA) is 41.8 Å². The average molecular weight is 223 g/mol. The fraction of sp³-hybridized carbons (Fsp3) is 0.333. The van der Waals surface area contributed by atoms with Gasteiger partial charge in [-0.2, -0.15) is 0 Å². The summed E-state index contributed by atoms with van der Waals surface area (Å²) in [6.45, 7) is 4.86. The van der Waals surface area contributed by atoms with Crippen molar-refractivity contribution in [2.24, 2.45) is 5.73 Å². The van der Waals surface area contributed by atoms with Gasteiger partial charge in [-0.05, 0) is 31.0 Å². The third-order valence-corrected chi connectivity index (χ3v) is 3.18. The molecule has 0 radical (unpaired) electrons. The Bertz CT molecular complexity index is 488. The van der Waals surface area contributed by atoms with Crippen molar-refractivity contribution in [3.63, 3.8) is 0 Å². The van der Waals surface area contributed by atoms with Crippen LogP contribution in [0.5, 0.6) is 0 Å². The summed E-state index contributed by atoms with van der Waals surface area (Å²) in [5, 5.41) is 1.96. The molecule has 2 nitrogen and oxygen atoms in total. The number of aromatic amines is 1. The second-order valence-electron chi connectivity index (χ2n) is 3.96. The van der Waals surface area contributed by atoms with Crippen LogP contribution in [-0.4, -0.2) is 11.5 Å². The first kappa shape index (κ1) is 10.5. The van der Waals surface area contributed by atoms with Gasteiger partial charge in [0.2, 0.25) is 0 Å². The van der Waals surface area contributed by atoms with Gasteiger partial charge in [-0.1, -0.05) is 30.7 Å². The molecule has 80 valence electrons. The molecule has 0 amide bonds. The first-order chi connectivity index (χ1) is 7.15. The molecule has 3 heteroatoms. The molecule has 0 saturated heterocycles. The van der Waals surface area contributed by atoms with Gasteiger partial charge in [0.05, 0.1) is 10.5 Å². The smallest absolute Gasteiger partial charge is 0.0648 e. The summed E-state index contributed by atoms with van der Waals surface area (Å²) in [4.78, 5) is 3.32. The first-order valence-corrected chi connectivity index (χ1v) is 5.49. The lowest BCUT2D eigenvalue weighted by Gasteiger charge is -2.08. The van der Waals surface area contributed by atoms with E-state index in [2.05, 4.69) is 24.9 Å². The highest BCUT2D eigenvalue weighted by Crippen LogP contribution is 2.31. The van der Waals surface area contributed by atoms with E-state index < -0.39 is 0 Å².